The zero-order valence-electron chi connectivity index (χ0n) is 18.1. The molecule has 7 heteroatoms. The van der Waals surface area contributed by atoms with Gasteiger partial charge in [0.1, 0.15) is 5.82 Å². The number of nitrogens with one attached hydrogen (secondary N) is 3. The topological polar surface area (TPSA) is 81.1 Å². The highest BCUT2D eigenvalue weighted by molar-refractivity contribution is 6.11. The van der Waals surface area contributed by atoms with E-state index in [2.05, 4.69) is 69.0 Å². The van der Waals surface area contributed by atoms with Gasteiger partial charge < -0.3 is 16.0 Å². The summed E-state index contributed by atoms with van der Waals surface area (Å²) in [4.78, 5) is 18.7. The lowest BCUT2D eigenvalue weighted by molar-refractivity contribution is -0.117. The van der Waals surface area contributed by atoms with Crippen LogP contribution in [-0.2, 0) is 11.3 Å². The van der Waals surface area contributed by atoms with Gasteiger partial charge >= 0.3 is 0 Å². The SMILES string of the molecule is N=C/C(=C\NC1CN(C(c2ccccc2)c2ccccc2)C1)C(=O)NCc1ncccc1F. The van der Waals surface area contributed by atoms with Gasteiger partial charge in [-0.1, -0.05) is 60.7 Å². The summed E-state index contributed by atoms with van der Waals surface area (Å²) in [6.07, 6.45) is 4.02. The summed E-state index contributed by atoms with van der Waals surface area (Å²) in [5.74, 6) is -0.928. The number of pyridine rings is 1. The molecule has 4 rings (SSSR count). The minimum Gasteiger partial charge on any atom is -0.385 e. The normalized spacial score (nSPS) is 14.5. The second-order valence-corrected chi connectivity index (χ2v) is 7.90. The third kappa shape index (κ3) is 5.51. The average Bonchev–Trinajstić information content (AvgIpc) is 2.83. The maximum Gasteiger partial charge on any atom is 0.254 e. The molecule has 168 valence electrons. The van der Waals surface area contributed by atoms with E-state index in [0.29, 0.717) is 0 Å². The van der Waals surface area contributed by atoms with Crippen LogP contribution in [0.1, 0.15) is 22.9 Å². The lowest BCUT2D eigenvalue weighted by Gasteiger charge is -2.45. The van der Waals surface area contributed by atoms with Crippen molar-refractivity contribution in [1.82, 2.24) is 20.5 Å². The van der Waals surface area contributed by atoms with Crippen molar-refractivity contribution >= 4 is 12.1 Å². The van der Waals surface area contributed by atoms with Crippen LogP contribution in [0.15, 0.2) is 90.8 Å². The van der Waals surface area contributed by atoms with E-state index in [1.54, 1.807) is 6.20 Å². The molecule has 0 saturated carbocycles. The van der Waals surface area contributed by atoms with Crippen molar-refractivity contribution in [3.63, 3.8) is 0 Å². The number of carbonyl (C=O) groups is 1. The molecule has 1 aliphatic rings. The van der Waals surface area contributed by atoms with Gasteiger partial charge in [0.15, 0.2) is 0 Å². The molecular weight excluding hydrogens is 417 g/mol. The Labute approximate surface area is 192 Å². The molecule has 0 aliphatic carbocycles. The van der Waals surface area contributed by atoms with Crippen molar-refractivity contribution in [3.05, 3.63) is 113 Å². The van der Waals surface area contributed by atoms with Gasteiger partial charge in [0.05, 0.1) is 29.9 Å². The number of hydrogen-bond acceptors (Lipinski definition) is 5. The largest absolute Gasteiger partial charge is 0.385 e. The van der Waals surface area contributed by atoms with Crippen molar-refractivity contribution < 1.29 is 9.18 Å². The van der Waals surface area contributed by atoms with Gasteiger partial charge in [-0.25, -0.2) is 4.39 Å². The maximum atomic E-state index is 13.7. The van der Waals surface area contributed by atoms with Crippen LogP contribution in [0.3, 0.4) is 0 Å². The molecule has 1 aliphatic heterocycles. The molecule has 2 heterocycles. The zero-order valence-corrected chi connectivity index (χ0v) is 18.1. The highest BCUT2D eigenvalue weighted by Gasteiger charge is 2.33. The monoisotopic (exact) mass is 443 g/mol. The third-order valence-electron chi connectivity index (χ3n) is 5.65. The lowest BCUT2D eigenvalue weighted by Crippen LogP contribution is -2.57. The molecule has 1 saturated heterocycles. The van der Waals surface area contributed by atoms with Gasteiger partial charge in [-0.2, -0.15) is 0 Å². The fourth-order valence-electron chi connectivity index (χ4n) is 3.91. The molecule has 0 unspecified atom stereocenters. The van der Waals surface area contributed by atoms with Crippen LogP contribution in [0.5, 0.6) is 0 Å². The van der Waals surface area contributed by atoms with Crippen molar-refractivity contribution in [3.8, 4) is 0 Å². The molecule has 33 heavy (non-hydrogen) atoms. The minimum atomic E-state index is -0.475. The summed E-state index contributed by atoms with van der Waals surface area (Å²) in [7, 11) is 0. The number of amides is 1. The van der Waals surface area contributed by atoms with E-state index in [9.17, 15) is 9.18 Å². The molecule has 0 atom stereocenters. The van der Waals surface area contributed by atoms with Crippen molar-refractivity contribution in [2.75, 3.05) is 13.1 Å². The number of rotatable bonds is 9. The fraction of sp³-hybridized carbons (Fsp3) is 0.192. The predicted octanol–water partition coefficient (Wildman–Crippen LogP) is 3.43. The summed E-state index contributed by atoms with van der Waals surface area (Å²) in [6, 6.07) is 23.9. The summed E-state index contributed by atoms with van der Waals surface area (Å²) in [6.45, 7) is 1.57. The molecule has 1 fully saturated rings. The average molecular weight is 444 g/mol. The Hall–Kier alpha value is -3.84. The molecule has 3 N–H and O–H groups in total. The van der Waals surface area contributed by atoms with E-state index < -0.39 is 11.7 Å². The van der Waals surface area contributed by atoms with E-state index in [-0.39, 0.29) is 29.9 Å². The molecule has 3 aromatic rings. The number of nitrogens with zero attached hydrogens (tertiary/aromatic N) is 2. The molecule has 1 aromatic heterocycles. The zero-order chi connectivity index (χ0) is 23.0. The molecule has 0 spiro atoms. The Morgan fingerprint density at radius 1 is 1.06 bits per heavy atom. The Balaban J connectivity index is 1.35. The highest BCUT2D eigenvalue weighted by Crippen LogP contribution is 2.32. The van der Waals surface area contributed by atoms with E-state index in [4.69, 9.17) is 5.41 Å². The quantitative estimate of drug-likeness (QED) is 0.350. The molecule has 1 amide bonds. The maximum absolute atomic E-state index is 13.7. The van der Waals surface area contributed by atoms with Crippen LogP contribution < -0.4 is 10.6 Å². The first-order valence-corrected chi connectivity index (χ1v) is 10.8. The van der Waals surface area contributed by atoms with Crippen molar-refractivity contribution in [2.24, 2.45) is 0 Å². The molecular formula is C26H26FN5O. The Bertz CT molecular complexity index is 1070. The summed E-state index contributed by atoms with van der Waals surface area (Å²) < 4.78 is 13.7. The van der Waals surface area contributed by atoms with E-state index in [1.807, 2.05) is 12.1 Å². The van der Waals surface area contributed by atoms with Gasteiger partial charge in [0.2, 0.25) is 0 Å². The standard InChI is InChI=1S/C26H26FN5O/c27-23-12-7-13-29-24(23)16-31-26(33)21(14-28)15-30-22-17-32(18-22)25(19-8-3-1-4-9-19)20-10-5-2-6-11-20/h1-15,22,25,28,30H,16-18H2,(H,31,33)/b21-15+,28-14?. The number of aromatic nitrogens is 1. The van der Waals surface area contributed by atoms with Crippen LogP contribution in [0.25, 0.3) is 0 Å². The fourth-order valence-corrected chi connectivity index (χ4v) is 3.91. The molecule has 2 aromatic carbocycles. The van der Waals surface area contributed by atoms with Crippen LogP contribution >= 0.6 is 0 Å². The number of halogens is 1. The van der Waals surface area contributed by atoms with Gasteiger partial charge in [0, 0.05) is 31.7 Å². The summed E-state index contributed by atoms with van der Waals surface area (Å²) >= 11 is 0. The number of hydrogen-bond donors (Lipinski definition) is 3. The van der Waals surface area contributed by atoms with Crippen molar-refractivity contribution in [2.45, 2.75) is 18.6 Å². The smallest absolute Gasteiger partial charge is 0.254 e. The summed E-state index contributed by atoms with van der Waals surface area (Å²) in [5, 5.41) is 13.4. The number of benzene rings is 2. The molecule has 0 bridgehead atoms. The first kappa shape index (κ1) is 22.4. The van der Waals surface area contributed by atoms with E-state index in [1.165, 1.54) is 29.5 Å². The Kier molecular flexibility index (Phi) is 7.22. The van der Waals surface area contributed by atoms with Crippen molar-refractivity contribution in [1.29, 1.82) is 5.41 Å². The Morgan fingerprint density at radius 3 is 2.27 bits per heavy atom. The third-order valence-corrected chi connectivity index (χ3v) is 5.65. The van der Waals surface area contributed by atoms with E-state index in [0.717, 1.165) is 19.3 Å². The van der Waals surface area contributed by atoms with Crippen LogP contribution in [-0.4, -0.2) is 41.1 Å². The minimum absolute atomic E-state index is 0.0380. The van der Waals surface area contributed by atoms with Gasteiger partial charge in [-0.05, 0) is 23.3 Å². The second kappa shape index (κ2) is 10.7. The number of carbonyl (C=O) groups excluding carboxylic acids is 1. The van der Waals surface area contributed by atoms with Crippen LogP contribution in [0.2, 0.25) is 0 Å². The van der Waals surface area contributed by atoms with Crippen LogP contribution in [0.4, 0.5) is 4.39 Å². The second-order valence-electron chi connectivity index (χ2n) is 7.90. The van der Waals surface area contributed by atoms with Crippen LogP contribution in [0, 0.1) is 11.2 Å². The van der Waals surface area contributed by atoms with Gasteiger partial charge in [-0.3, -0.25) is 14.7 Å². The highest BCUT2D eigenvalue weighted by atomic mass is 19.1. The van der Waals surface area contributed by atoms with Gasteiger partial charge in [-0.15, -0.1) is 0 Å². The molecule has 6 nitrogen and oxygen atoms in total. The summed E-state index contributed by atoms with van der Waals surface area (Å²) in [5.41, 5.74) is 2.80. The Morgan fingerprint density at radius 2 is 1.70 bits per heavy atom. The first-order valence-electron chi connectivity index (χ1n) is 10.8. The van der Waals surface area contributed by atoms with E-state index >= 15 is 0 Å². The first-order chi connectivity index (χ1) is 16.2. The lowest BCUT2D eigenvalue weighted by atomic mass is 9.93. The number of likely N-dealkylation sites (tertiary alicyclic amines) is 1. The molecule has 0 radical (unpaired) electrons. The van der Waals surface area contributed by atoms with Gasteiger partial charge in [0.25, 0.3) is 5.91 Å². The predicted molar refractivity (Wildman–Crippen MR) is 126 cm³/mol.